The Hall–Kier alpha value is -2.45. The van der Waals surface area contributed by atoms with Crippen LogP contribution in [0.3, 0.4) is 0 Å². The Morgan fingerprint density at radius 2 is 2.00 bits per heavy atom. The van der Waals surface area contributed by atoms with Crippen LogP contribution in [0.25, 0.3) is 0 Å². The molecule has 138 valence electrons. The molecular formula is C18H19FN2O4S. The zero-order valence-corrected chi connectivity index (χ0v) is 15.1. The van der Waals surface area contributed by atoms with Crippen LogP contribution in [0, 0.1) is 5.82 Å². The predicted octanol–water partition coefficient (Wildman–Crippen LogP) is 2.55. The van der Waals surface area contributed by atoms with Crippen molar-refractivity contribution in [2.24, 2.45) is 0 Å². The van der Waals surface area contributed by atoms with E-state index >= 15 is 0 Å². The largest absolute Gasteiger partial charge is 0.383 e. The van der Waals surface area contributed by atoms with Crippen LogP contribution in [0.15, 0.2) is 47.4 Å². The molecule has 2 aromatic carbocycles. The van der Waals surface area contributed by atoms with Crippen molar-refractivity contribution < 1.29 is 22.3 Å². The van der Waals surface area contributed by atoms with Crippen LogP contribution < -0.4 is 9.62 Å². The molecule has 2 aromatic rings. The van der Waals surface area contributed by atoms with Crippen molar-refractivity contribution in [1.29, 1.82) is 0 Å². The van der Waals surface area contributed by atoms with Gasteiger partial charge in [-0.1, -0.05) is 6.07 Å². The summed E-state index contributed by atoms with van der Waals surface area (Å²) >= 11 is 0. The number of ether oxygens (including phenoxy) is 1. The Morgan fingerprint density at radius 1 is 1.19 bits per heavy atom. The van der Waals surface area contributed by atoms with Crippen LogP contribution in [-0.2, 0) is 26.0 Å². The standard InChI is InChI=1S/C18H19FN2O4S/c1-25-10-9-21-17-7-6-15(11-13(17)5-8-18(21)22)20-26(23,24)16-4-2-3-14(19)12-16/h2-4,6-7,11-12,20H,5,8-10H2,1H3. The maximum absolute atomic E-state index is 13.3. The number of sulfonamides is 1. The lowest BCUT2D eigenvalue weighted by Gasteiger charge is -2.29. The van der Waals surface area contributed by atoms with Gasteiger partial charge in [-0.3, -0.25) is 9.52 Å². The second kappa shape index (κ2) is 7.43. The van der Waals surface area contributed by atoms with Gasteiger partial charge in [0.15, 0.2) is 0 Å². The Kier molecular flexibility index (Phi) is 5.24. The number of halogens is 1. The number of nitrogens with one attached hydrogen (secondary N) is 1. The molecule has 8 heteroatoms. The minimum absolute atomic E-state index is 0.0163. The van der Waals surface area contributed by atoms with Gasteiger partial charge in [-0.05, 0) is 48.4 Å². The van der Waals surface area contributed by atoms with E-state index in [2.05, 4.69) is 4.72 Å². The van der Waals surface area contributed by atoms with E-state index < -0.39 is 15.8 Å². The molecular weight excluding hydrogens is 359 g/mol. The average Bonchev–Trinajstić information content (AvgIpc) is 2.61. The fourth-order valence-electron chi connectivity index (χ4n) is 2.90. The zero-order valence-electron chi connectivity index (χ0n) is 14.2. The van der Waals surface area contributed by atoms with Crippen LogP contribution >= 0.6 is 0 Å². The molecule has 0 aliphatic carbocycles. The molecule has 0 spiro atoms. The molecule has 0 saturated carbocycles. The quantitative estimate of drug-likeness (QED) is 0.838. The molecule has 1 N–H and O–H groups in total. The third kappa shape index (κ3) is 3.86. The van der Waals surface area contributed by atoms with E-state index in [1.54, 1.807) is 30.2 Å². The van der Waals surface area contributed by atoms with E-state index in [-0.39, 0.29) is 10.8 Å². The van der Waals surface area contributed by atoms with Crippen molar-refractivity contribution in [1.82, 2.24) is 0 Å². The number of amides is 1. The van der Waals surface area contributed by atoms with Gasteiger partial charge in [-0.15, -0.1) is 0 Å². The van der Waals surface area contributed by atoms with E-state index in [1.807, 2.05) is 0 Å². The topological polar surface area (TPSA) is 75.7 Å². The molecule has 1 amide bonds. The number of benzene rings is 2. The highest BCUT2D eigenvalue weighted by Crippen LogP contribution is 2.31. The summed E-state index contributed by atoms with van der Waals surface area (Å²) in [5, 5.41) is 0. The fourth-order valence-corrected chi connectivity index (χ4v) is 3.98. The van der Waals surface area contributed by atoms with Crippen molar-refractivity contribution in [2.45, 2.75) is 17.7 Å². The Morgan fingerprint density at radius 3 is 2.73 bits per heavy atom. The summed E-state index contributed by atoms with van der Waals surface area (Å²) in [7, 11) is -2.32. The number of carbonyl (C=O) groups is 1. The molecule has 0 bridgehead atoms. The van der Waals surface area contributed by atoms with Crippen molar-refractivity contribution in [2.75, 3.05) is 29.9 Å². The van der Waals surface area contributed by atoms with Crippen molar-refractivity contribution in [3.8, 4) is 0 Å². The molecule has 0 saturated heterocycles. The van der Waals surface area contributed by atoms with Crippen LogP contribution in [-0.4, -0.2) is 34.6 Å². The first-order valence-electron chi connectivity index (χ1n) is 8.11. The highest BCUT2D eigenvalue weighted by Gasteiger charge is 2.24. The Balaban J connectivity index is 1.86. The first-order chi connectivity index (χ1) is 12.4. The van der Waals surface area contributed by atoms with Crippen molar-refractivity contribution >= 4 is 27.3 Å². The molecule has 0 radical (unpaired) electrons. The van der Waals surface area contributed by atoms with Crippen LogP contribution in [0.5, 0.6) is 0 Å². The fraction of sp³-hybridized carbons (Fsp3) is 0.278. The summed E-state index contributed by atoms with van der Waals surface area (Å²) in [6.07, 6.45) is 0.893. The van der Waals surface area contributed by atoms with Gasteiger partial charge in [0.25, 0.3) is 10.0 Å². The summed E-state index contributed by atoms with van der Waals surface area (Å²) in [5.41, 5.74) is 2.00. The number of nitrogens with zero attached hydrogens (tertiary/aromatic N) is 1. The minimum atomic E-state index is -3.89. The minimum Gasteiger partial charge on any atom is -0.383 e. The maximum Gasteiger partial charge on any atom is 0.261 e. The monoisotopic (exact) mass is 378 g/mol. The number of hydrogen-bond donors (Lipinski definition) is 1. The van der Waals surface area contributed by atoms with Gasteiger partial charge in [0.05, 0.1) is 11.5 Å². The molecule has 26 heavy (non-hydrogen) atoms. The number of fused-ring (bicyclic) bond motifs is 1. The van der Waals surface area contributed by atoms with Gasteiger partial charge in [0.1, 0.15) is 5.82 Å². The van der Waals surface area contributed by atoms with Gasteiger partial charge < -0.3 is 9.64 Å². The van der Waals surface area contributed by atoms with E-state index in [0.717, 1.165) is 17.3 Å². The molecule has 0 fully saturated rings. The van der Waals surface area contributed by atoms with E-state index in [0.29, 0.717) is 31.7 Å². The van der Waals surface area contributed by atoms with Gasteiger partial charge >= 0.3 is 0 Å². The average molecular weight is 378 g/mol. The van der Waals surface area contributed by atoms with E-state index in [1.165, 1.54) is 18.2 Å². The van der Waals surface area contributed by atoms with E-state index in [4.69, 9.17) is 4.74 Å². The molecule has 1 heterocycles. The number of hydrogen-bond acceptors (Lipinski definition) is 4. The van der Waals surface area contributed by atoms with Gasteiger partial charge in [0, 0.05) is 31.5 Å². The van der Waals surface area contributed by atoms with Crippen LogP contribution in [0.1, 0.15) is 12.0 Å². The highest BCUT2D eigenvalue weighted by molar-refractivity contribution is 7.92. The van der Waals surface area contributed by atoms with Gasteiger partial charge in [-0.25, -0.2) is 12.8 Å². The Bertz CT molecular complexity index is 931. The highest BCUT2D eigenvalue weighted by atomic mass is 32.2. The molecule has 0 unspecified atom stereocenters. The van der Waals surface area contributed by atoms with Crippen LogP contribution in [0.2, 0.25) is 0 Å². The van der Waals surface area contributed by atoms with Gasteiger partial charge in [-0.2, -0.15) is 0 Å². The van der Waals surface area contributed by atoms with Crippen LogP contribution in [0.4, 0.5) is 15.8 Å². The summed E-state index contributed by atoms with van der Waals surface area (Å²) in [6, 6.07) is 9.83. The molecule has 1 aliphatic rings. The second-order valence-corrected chi connectivity index (χ2v) is 7.63. The zero-order chi connectivity index (χ0) is 18.7. The number of rotatable bonds is 6. The van der Waals surface area contributed by atoms with Crippen molar-refractivity contribution in [3.63, 3.8) is 0 Å². The molecule has 6 nitrogen and oxygen atoms in total. The molecule has 0 aromatic heterocycles. The lowest BCUT2D eigenvalue weighted by atomic mass is 10.0. The summed E-state index contributed by atoms with van der Waals surface area (Å²) in [6.45, 7) is 0.857. The molecule has 0 atom stereocenters. The molecule has 1 aliphatic heterocycles. The van der Waals surface area contributed by atoms with E-state index in [9.17, 15) is 17.6 Å². The maximum atomic E-state index is 13.3. The predicted molar refractivity (Wildman–Crippen MR) is 96.2 cm³/mol. The molecule has 3 rings (SSSR count). The third-order valence-electron chi connectivity index (χ3n) is 4.16. The first kappa shape index (κ1) is 18.3. The lowest BCUT2D eigenvalue weighted by molar-refractivity contribution is -0.119. The number of aryl methyl sites for hydroxylation is 1. The number of methoxy groups -OCH3 is 1. The second-order valence-electron chi connectivity index (χ2n) is 5.94. The number of carbonyl (C=O) groups excluding carboxylic acids is 1. The summed E-state index contributed by atoms with van der Waals surface area (Å²) in [5.74, 6) is -0.603. The van der Waals surface area contributed by atoms with Crippen molar-refractivity contribution in [3.05, 3.63) is 53.8 Å². The first-order valence-corrected chi connectivity index (χ1v) is 9.59. The third-order valence-corrected chi connectivity index (χ3v) is 5.54. The smallest absolute Gasteiger partial charge is 0.261 e. The SMILES string of the molecule is COCCN1C(=O)CCc2cc(NS(=O)(=O)c3cccc(F)c3)ccc21. The van der Waals surface area contributed by atoms with Gasteiger partial charge in [0.2, 0.25) is 5.91 Å². The number of anilines is 2. The Labute approximate surface area is 151 Å². The summed E-state index contributed by atoms with van der Waals surface area (Å²) in [4.78, 5) is 13.6. The lowest BCUT2D eigenvalue weighted by Crippen LogP contribution is -2.37. The summed E-state index contributed by atoms with van der Waals surface area (Å²) < 4.78 is 45.6. The normalized spacial score (nSPS) is 14.2.